The van der Waals surface area contributed by atoms with Crippen molar-refractivity contribution in [1.82, 2.24) is 0 Å². The summed E-state index contributed by atoms with van der Waals surface area (Å²) in [6.07, 6.45) is 0. The van der Waals surface area contributed by atoms with E-state index in [1.807, 2.05) is 0 Å². The number of hydrogen-bond acceptors (Lipinski definition) is 2. The Morgan fingerprint density at radius 2 is 2.23 bits per heavy atom. The Hall–Kier alpha value is -0.800. The zero-order chi connectivity index (χ0) is 9.42. The molecule has 68 valence electrons. The van der Waals surface area contributed by atoms with E-state index < -0.39 is 0 Å². The standard InChI is InChI=1S/C9H6ClFOS/c10-3-5-1-2-7(12)8-6(11)4-13-9(5)8/h1-2,4,12H,3H2. The van der Waals surface area contributed by atoms with Gasteiger partial charge in [0.1, 0.15) is 11.6 Å². The van der Waals surface area contributed by atoms with E-state index in [4.69, 9.17) is 11.6 Å². The Labute approximate surface area is 83.4 Å². The second-order valence-electron chi connectivity index (χ2n) is 2.67. The van der Waals surface area contributed by atoms with E-state index in [9.17, 15) is 9.50 Å². The fourth-order valence-corrected chi connectivity index (χ4v) is 2.51. The van der Waals surface area contributed by atoms with Crippen molar-refractivity contribution in [3.63, 3.8) is 0 Å². The maximum Gasteiger partial charge on any atom is 0.145 e. The second-order valence-corrected chi connectivity index (χ2v) is 3.81. The first kappa shape index (κ1) is 8.78. The van der Waals surface area contributed by atoms with E-state index in [-0.39, 0.29) is 17.0 Å². The molecule has 0 aliphatic rings. The minimum Gasteiger partial charge on any atom is -0.507 e. The molecular formula is C9H6ClFOS. The van der Waals surface area contributed by atoms with Crippen LogP contribution in [0.25, 0.3) is 10.1 Å². The second kappa shape index (κ2) is 3.16. The van der Waals surface area contributed by atoms with Crippen molar-refractivity contribution in [1.29, 1.82) is 0 Å². The van der Waals surface area contributed by atoms with Crippen LogP contribution in [0.2, 0.25) is 0 Å². The summed E-state index contributed by atoms with van der Waals surface area (Å²) in [4.78, 5) is 0. The number of alkyl halides is 1. The smallest absolute Gasteiger partial charge is 0.145 e. The van der Waals surface area contributed by atoms with Crippen LogP contribution in [0.4, 0.5) is 4.39 Å². The molecule has 1 N–H and O–H groups in total. The molecule has 0 bridgehead atoms. The molecule has 0 aliphatic carbocycles. The minimum atomic E-state index is -0.385. The van der Waals surface area contributed by atoms with Crippen molar-refractivity contribution in [2.75, 3.05) is 0 Å². The molecule has 2 rings (SSSR count). The largest absolute Gasteiger partial charge is 0.507 e. The Kier molecular flexibility index (Phi) is 2.14. The first-order valence-electron chi connectivity index (χ1n) is 3.67. The van der Waals surface area contributed by atoms with Crippen LogP contribution in [0.5, 0.6) is 5.75 Å². The van der Waals surface area contributed by atoms with Crippen molar-refractivity contribution < 1.29 is 9.50 Å². The van der Waals surface area contributed by atoms with Gasteiger partial charge in [0.15, 0.2) is 0 Å². The van der Waals surface area contributed by atoms with Crippen LogP contribution in [-0.4, -0.2) is 5.11 Å². The summed E-state index contributed by atoms with van der Waals surface area (Å²) in [5.41, 5.74) is 0.850. The molecule has 4 heteroatoms. The van der Waals surface area contributed by atoms with E-state index in [1.165, 1.54) is 22.8 Å². The molecule has 1 nitrogen and oxygen atoms in total. The van der Waals surface area contributed by atoms with Crippen molar-refractivity contribution in [3.05, 3.63) is 28.9 Å². The number of rotatable bonds is 1. The summed E-state index contributed by atoms with van der Waals surface area (Å²) in [6.45, 7) is 0. The van der Waals surface area contributed by atoms with Gasteiger partial charge < -0.3 is 5.11 Å². The predicted molar refractivity (Wildman–Crippen MR) is 53.0 cm³/mol. The van der Waals surface area contributed by atoms with Gasteiger partial charge in [0.05, 0.1) is 5.39 Å². The van der Waals surface area contributed by atoms with Crippen molar-refractivity contribution in [2.45, 2.75) is 5.88 Å². The predicted octanol–water partition coefficient (Wildman–Crippen LogP) is 3.48. The SMILES string of the molecule is Oc1ccc(CCl)c2scc(F)c12. The Morgan fingerprint density at radius 3 is 2.92 bits per heavy atom. The molecule has 2 aromatic rings. The number of aromatic hydroxyl groups is 1. The van der Waals surface area contributed by atoms with E-state index in [1.54, 1.807) is 6.07 Å². The van der Waals surface area contributed by atoms with Gasteiger partial charge in [-0.2, -0.15) is 0 Å². The Bertz CT molecular complexity index is 452. The minimum absolute atomic E-state index is 0.0254. The van der Waals surface area contributed by atoms with Gasteiger partial charge in [-0.05, 0) is 11.6 Å². The molecule has 1 aromatic carbocycles. The first-order valence-corrected chi connectivity index (χ1v) is 5.09. The molecule has 0 atom stereocenters. The van der Waals surface area contributed by atoms with Gasteiger partial charge in [-0.25, -0.2) is 4.39 Å². The number of thiophene rings is 1. The normalized spacial score (nSPS) is 10.9. The highest BCUT2D eigenvalue weighted by atomic mass is 35.5. The monoisotopic (exact) mass is 216 g/mol. The number of phenols is 1. The van der Waals surface area contributed by atoms with Crippen LogP contribution in [0.15, 0.2) is 17.5 Å². The zero-order valence-corrected chi connectivity index (χ0v) is 8.12. The Morgan fingerprint density at radius 1 is 1.46 bits per heavy atom. The lowest BCUT2D eigenvalue weighted by molar-refractivity contribution is 0.479. The van der Waals surface area contributed by atoms with Crippen LogP contribution in [0.1, 0.15) is 5.56 Å². The fourth-order valence-electron chi connectivity index (χ4n) is 1.26. The summed E-state index contributed by atoms with van der Waals surface area (Å²) in [6, 6.07) is 3.18. The maximum atomic E-state index is 13.1. The van der Waals surface area contributed by atoms with E-state index in [0.717, 1.165) is 10.3 Å². The molecule has 1 aromatic heterocycles. The molecule has 0 saturated heterocycles. The molecule has 1 heterocycles. The summed E-state index contributed by atoms with van der Waals surface area (Å²) in [7, 11) is 0. The summed E-state index contributed by atoms with van der Waals surface area (Å²) < 4.78 is 13.9. The van der Waals surface area contributed by atoms with Crippen LogP contribution in [0, 0.1) is 5.82 Å². The van der Waals surface area contributed by atoms with Crippen LogP contribution in [0.3, 0.4) is 0 Å². The summed E-state index contributed by atoms with van der Waals surface area (Å²) in [5, 5.41) is 11.0. The first-order chi connectivity index (χ1) is 6.24. The maximum absolute atomic E-state index is 13.1. The summed E-state index contributed by atoms with van der Waals surface area (Å²) >= 11 is 6.93. The van der Waals surface area contributed by atoms with E-state index >= 15 is 0 Å². The average Bonchev–Trinajstić information content (AvgIpc) is 2.50. The highest BCUT2D eigenvalue weighted by Gasteiger charge is 2.11. The van der Waals surface area contributed by atoms with Gasteiger partial charge in [0.25, 0.3) is 0 Å². The van der Waals surface area contributed by atoms with Gasteiger partial charge in [0.2, 0.25) is 0 Å². The average molecular weight is 217 g/mol. The third kappa shape index (κ3) is 1.28. The van der Waals surface area contributed by atoms with Crippen molar-refractivity contribution >= 4 is 33.0 Å². The number of halogens is 2. The molecular weight excluding hydrogens is 211 g/mol. The Balaban J connectivity index is 2.87. The molecule has 0 saturated carbocycles. The number of benzene rings is 1. The van der Waals surface area contributed by atoms with Gasteiger partial charge in [-0.15, -0.1) is 22.9 Å². The van der Waals surface area contributed by atoms with Crippen LogP contribution >= 0.6 is 22.9 Å². The number of fused-ring (bicyclic) bond motifs is 1. The van der Waals surface area contributed by atoms with Crippen molar-refractivity contribution in [2.24, 2.45) is 0 Å². The van der Waals surface area contributed by atoms with Crippen LogP contribution in [-0.2, 0) is 5.88 Å². The molecule has 0 spiro atoms. The quantitative estimate of drug-likeness (QED) is 0.724. The van der Waals surface area contributed by atoms with E-state index in [0.29, 0.717) is 5.88 Å². The molecule has 0 unspecified atom stereocenters. The van der Waals surface area contributed by atoms with E-state index in [2.05, 4.69) is 0 Å². The lowest BCUT2D eigenvalue weighted by Crippen LogP contribution is -1.79. The molecule has 13 heavy (non-hydrogen) atoms. The van der Waals surface area contributed by atoms with Gasteiger partial charge in [0, 0.05) is 16.0 Å². The van der Waals surface area contributed by atoms with Gasteiger partial charge in [-0.1, -0.05) is 6.07 Å². The lowest BCUT2D eigenvalue weighted by atomic mass is 10.1. The molecule has 0 radical (unpaired) electrons. The summed E-state index contributed by atoms with van der Waals surface area (Å²) in [5.74, 6) is -0.0800. The third-order valence-corrected chi connectivity index (χ3v) is 3.20. The zero-order valence-electron chi connectivity index (χ0n) is 6.55. The van der Waals surface area contributed by atoms with Gasteiger partial charge >= 0.3 is 0 Å². The lowest BCUT2D eigenvalue weighted by Gasteiger charge is -1.99. The fraction of sp³-hybridized carbons (Fsp3) is 0.111. The highest BCUT2D eigenvalue weighted by molar-refractivity contribution is 7.17. The number of phenolic OH excluding ortho intramolecular Hbond substituents is 1. The topological polar surface area (TPSA) is 20.2 Å². The molecule has 0 aliphatic heterocycles. The van der Waals surface area contributed by atoms with Gasteiger partial charge in [-0.3, -0.25) is 0 Å². The van der Waals surface area contributed by atoms with Crippen molar-refractivity contribution in [3.8, 4) is 5.75 Å². The molecule has 0 fully saturated rings. The molecule has 0 amide bonds. The third-order valence-electron chi connectivity index (χ3n) is 1.88. The highest BCUT2D eigenvalue weighted by Crippen LogP contribution is 2.35. The van der Waals surface area contributed by atoms with Crippen LogP contribution < -0.4 is 0 Å². The number of hydrogen-bond donors (Lipinski definition) is 1.